The van der Waals surface area contributed by atoms with Gasteiger partial charge in [0.1, 0.15) is 0 Å². The van der Waals surface area contributed by atoms with Gasteiger partial charge in [-0.2, -0.15) is 0 Å². The lowest BCUT2D eigenvalue weighted by molar-refractivity contribution is -0.131. The molecular weight excluding hydrogens is 248 g/mol. The molecule has 0 aromatic carbocycles. The van der Waals surface area contributed by atoms with Gasteiger partial charge in [-0.3, -0.25) is 14.3 Å². The molecule has 0 aliphatic carbocycles. The highest BCUT2D eigenvalue weighted by Crippen LogP contribution is 2.22. The molecule has 1 amide bonds. The van der Waals surface area contributed by atoms with Crippen molar-refractivity contribution in [3.8, 4) is 0 Å². The molecule has 1 fully saturated rings. The predicted octanol–water partition coefficient (Wildman–Crippen LogP) is 1.19. The Labute approximate surface area is 113 Å². The van der Waals surface area contributed by atoms with Crippen molar-refractivity contribution in [3.63, 3.8) is 0 Å². The molecule has 0 saturated carbocycles. The van der Waals surface area contributed by atoms with Gasteiger partial charge in [-0.05, 0) is 18.8 Å². The molecule has 5 heteroatoms. The van der Waals surface area contributed by atoms with Crippen molar-refractivity contribution in [2.75, 3.05) is 12.8 Å². The largest absolute Gasteiger partial charge is 0.324 e. The lowest BCUT2D eigenvalue weighted by atomic mass is 10.0. The summed E-state index contributed by atoms with van der Waals surface area (Å²) in [6.07, 6.45) is 1.76. The lowest BCUT2D eigenvalue weighted by Gasteiger charge is -2.29. The highest BCUT2D eigenvalue weighted by molar-refractivity contribution is 7.84. The van der Waals surface area contributed by atoms with E-state index in [-0.39, 0.29) is 29.3 Å². The van der Waals surface area contributed by atoms with Gasteiger partial charge in [0, 0.05) is 28.9 Å². The van der Waals surface area contributed by atoms with Gasteiger partial charge in [-0.1, -0.05) is 27.7 Å². The van der Waals surface area contributed by atoms with Crippen LogP contribution in [0.4, 0.5) is 0 Å². The standard InChI is InChI=1S/C13H26N2O2S/c1-8(2)11-13(16)15(7-10(5)18(6)17)12(14-11)9(3)4/h8-12,14H,7H2,1-6H3. The third-order valence-electron chi connectivity index (χ3n) is 3.55. The Morgan fingerprint density at radius 1 is 1.22 bits per heavy atom. The van der Waals surface area contributed by atoms with Gasteiger partial charge in [-0.25, -0.2) is 0 Å². The maximum Gasteiger partial charge on any atom is 0.241 e. The molecule has 0 bridgehead atoms. The highest BCUT2D eigenvalue weighted by Gasteiger charge is 2.41. The minimum atomic E-state index is -0.893. The molecule has 1 rings (SSSR count). The van der Waals surface area contributed by atoms with Crippen LogP contribution in [-0.2, 0) is 15.6 Å². The highest BCUT2D eigenvalue weighted by atomic mass is 32.2. The quantitative estimate of drug-likeness (QED) is 0.819. The van der Waals surface area contributed by atoms with E-state index in [9.17, 15) is 9.00 Å². The van der Waals surface area contributed by atoms with Crippen molar-refractivity contribution in [2.24, 2.45) is 11.8 Å². The van der Waals surface area contributed by atoms with Crippen LogP contribution in [0.5, 0.6) is 0 Å². The molecule has 0 radical (unpaired) electrons. The van der Waals surface area contributed by atoms with Crippen molar-refractivity contribution >= 4 is 16.7 Å². The van der Waals surface area contributed by atoms with Crippen molar-refractivity contribution in [3.05, 3.63) is 0 Å². The Balaban J connectivity index is 2.84. The summed E-state index contributed by atoms with van der Waals surface area (Å²) in [4.78, 5) is 14.3. The second kappa shape index (κ2) is 6.15. The van der Waals surface area contributed by atoms with Crippen LogP contribution in [0, 0.1) is 11.8 Å². The third kappa shape index (κ3) is 3.32. The Hall–Kier alpha value is -0.420. The van der Waals surface area contributed by atoms with Crippen LogP contribution < -0.4 is 5.32 Å². The smallest absolute Gasteiger partial charge is 0.241 e. The summed E-state index contributed by atoms with van der Waals surface area (Å²) in [5.74, 6) is 0.794. The van der Waals surface area contributed by atoms with Crippen LogP contribution in [0.1, 0.15) is 34.6 Å². The number of nitrogens with one attached hydrogen (secondary N) is 1. The first kappa shape index (κ1) is 15.6. The first-order valence-corrected chi connectivity index (χ1v) is 8.26. The van der Waals surface area contributed by atoms with E-state index < -0.39 is 10.8 Å². The van der Waals surface area contributed by atoms with Crippen molar-refractivity contribution in [1.29, 1.82) is 0 Å². The van der Waals surface area contributed by atoms with Gasteiger partial charge in [0.25, 0.3) is 0 Å². The molecule has 1 saturated heterocycles. The van der Waals surface area contributed by atoms with E-state index in [0.717, 1.165) is 0 Å². The number of hydrogen-bond acceptors (Lipinski definition) is 3. The summed E-state index contributed by atoms with van der Waals surface area (Å²) in [5, 5.41) is 3.43. The van der Waals surface area contributed by atoms with Crippen LogP contribution in [0.3, 0.4) is 0 Å². The van der Waals surface area contributed by atoms with Gasteiger partial charge < -0.3 is 4.90 Å². The van der Waals surface area contributed by atoms with Gasteiger partial charge in [-0.15, -0.1) is 0 Å². The molecule has 1 heterocycles. The topological polar surface area (TPSA) is 49.4 Å². The second-order valence-corrected chi connectivity index (χ2v) is 7.68. The fraction of sp³-hybridized carbons (Fsp3) is 0.923. The summed E-state index contributed by atoms with van der Waals surface area (Å²) in [7, 11) is -0.893. The van der Waals surface area contributed by atoms with E-state index in [1.807, 2.05) is 11.8 Å². The maximum atomic E-state index is 12.4. The third-order valence-corrected chi connectivity index (χ3v) is 4.84. The van der Waals surface area contributed by atoms with Crippen LogP contribution in [0.15, 0.2) is 0 Å². The van der Waals surface area contributed by atoms with Crippen molar-refractivity contribution < 1.29 is 9.00 Å². The minimum Gasteiger partial charge on any atom is -0.324 e. The number of hydrogen-bond donors (Lipinski definition) is 1. The molecule has 18 heavy (non-hydrogen) atoms. The van der Waals surface area contributed by atoms with Crippen LogP contribution >= 0.6 is 0 Å². The number of amides is 1. The van der Waals surface area contributed by atoms with E-state index in [0.29, 0.717) is 12.5 Å². The van der Waals surface area contributed by atoms with E-state index >= 15 is 0 Å². The monoisotopic (exact) mass is 274 g/mol. The molecular formula is C13H26N2O2S. The average Bonchev–Trinajstić information content (AvgIpc) is 2.56. The minimum absolute atomic E-state index is 0.0166. The Kier molecular flexibility index (Phi) is 5.34. The zero-order valence-corrected chi connectivity index (χ0v) is 13.1. The zero-order valence-electron chi connectivity index (χ0n) is 12.3. The Bertz CT molecular complexity index is 331. The van der Waals surface area contributed by atoms with Crippen LogP contribution in [-0.4, -0.2) is 45.3 Å². The first-order chi connectivity index (χ1) is 8.25. The molecule has 0 aromatic rings. The van der Waals surface area contributed by atoms with Gasteiger partial charge >= 0.3 is 0 Å². The Morgan fingerprint density at radius 2 is 1.78 bits per heavy atom. The predicted molar refractivity (Wildman–Crippen MR) is 75.6 cm³/mol. The van der Waals surface area contributed by atoms with E-state index in [1.54, 1.807) is 6.26 Å². The van der Waals surface area contributed by atoms with E-state index in [1.165, 1.54) is 0 Å². The molecule has 4 nitrogen and oxygen atoms in total. The SMILES string of the molecule is CC(C)C1NC(C(C)C)N(CC(C)S(C)=O)C1=O. The number of nitrogens with zero attached hydrogens (tertiary/aromatic N) is 1. The van der Waals surface area contributed by atoms with E-state index in [2.05, 4.69) is 33.0 Å². The summed E-state index contributed by atoms with van der Waals surface area (Å²) in [6, 6.07) is -0.102. The molecule has 0 aromatic heterocycles. The fourth-order valence-corrected chi connectivity index (χ4v) is 2.65. The van der Waals surface area contributed by atoms with Gasteiger partial charge in [0.2, 0.25) is 5.91 Å². The van der Waals surface area contributed by atoms with Crippen LogP contribution in [0.2, 0.25) is 0 Å². The Morgan fingerprint density at radius 3 is 2.17 bits per heavy atom. The first-order valence-electron chi connectivity index (χ1n) is 6.64. The normalized spacial score (nSPS) is 28.2. The summed E-state index contributed by atoms with van der Waals surface area (Å²) >= 11 is 0. The number of carbonyl (C=O) groups is 1. The molecule has 1 aliphatic rings. The lowest BCUT2D eigenvalue weighted by Crippen LogP contribution is -2.45. The second-order valence-electron chi connectivity index (χ2n) is 5.88. The maximum absolute atomic E-state index is 12.4. The number of rotatable bonds is 5. The summed E-state index contributed by atoms with van der Waals surface area (Å²) in [5.41, 5.74) is 0. The fourth-order valence-electron chi connectivity index (χ4n) is 2.28. The molecule has 1 aliphatic heterocycles. The molecule has 1 N–H and O–H groups in total. The van der Waals surface area contributed by atoms with Crippen LogP contribution in [0.25, 0.3) is 0 Å². The molecule has 4 unspecified atom stereocenters. The molecule has 0 spiro atoms. The molecule has 106 valence electrons. The van der Waals surface area contributed by atoms with Crippen molar-refractivity contribution in [2.45, 2.75) is 52.1 Å². The molecule has 4 atom stereocenters. The van der Waals surface area contributed by atoms with E-state index in [4.69, 9.17) is 0 Å². The van der Waals surface area contributed by atoms with Gasteiger partial charge in [0.05, 0.1) is 12.2 Å². The average molecular weight is 274 g/mol. The zero-order chi connectivity index (χ0) is 14.0. The van der Waals surface area contributed by atoms with Gasteiger partial charge in [0.15, 0.2) is 0 Å². The number of carbonyl (C=O) groups excluding carboxylic acids is 1. The summed E-state index contributed by atoms with van der Waals surface area (Å²) in [6.45, 7) is 10.8. The van der Waals surface area contributed by atoms with Crippen molar-refractivity contribution in [1.82, 2.24) is 10.2 Å². The summed E-state index contributed by atoms with van der Waals surface area (Å²) < 4.78 is 11.5.